The highest BCUT2D eigenvalue weighted by atomic mass is 15.1. The molecule has 0 aliphatic carbocycles. The summed E-state index contributed by atoms with van der Waals surface area (Å²) < 4.78 is 1.91. The lowest BCUT2D eigenvalue weighted by Gasteiger charge is -2.02. The average Bonchev–Trinajstić information content (AvgIpc) is 2.71. The van der Waals surface area contributed by atoms with Crippen LogP contribution in [0.5, 0.6) is 0 Å². The summed E-state index contributed by atoms with van der Waals surface area (Å²) in [4.78, 5) is 14.7. The average molecular weight is 256 g/mol. The van der Waals surface area contributed by atoms with E-state index < -0.39 is 0 Å². The Morgan fingerprint density at radius 1 is 1.47 bits per heavy atom. The summed E-state index contributed by atoms with van der Waals surface area (Å²) in [5.74, 6) is 6.49. The number of nitrogens with zero attached hydrogens (tertiary/aromatic N) is 5. The smallest absolute Gasteiger partial charge is 0.167 e. The number of aryl methyl sites for hydroxylation is 1. The van der Waals surface area contributed by atoms with Crippen LogP contribution in [0.4, 0.5) is 5.82 Å². The van der Waals surface area contributed by atoms with Gasteiger partial charge in [-0.1, -0.05) is 11.8 Å². The van der Waals surface area contributed by atoms with Gasteiger partial charge in [-0.15, -0.1) is 0 Å². The van der Waals surface area contributed by atoms with E-state index in [2.05, 4.69) is 26.8 Å². The van der Waals surface area contributed by atoms with Crippen molar-refractivity contribution in [1.29, 1.82) is 0 Å². The van der Waals surface area contributed by atoms with Crippen molar-refractivity contribution in [2.45, 2.75) is 0 Å². The number of hydrogen-bond acceptors (Lipinski definition) is 4. The van der Waals surface area contributed by atoms with E-state index in [0.29, 0.717) is 12.4 Å². The van der Waals surface area contributed by atoms with Crippen LogP contribution in [0.25, 0.3) is 11.0 Å². The van der Waals surface area contributed by atoms with Gasteiger partial charge in [-0.25, -0.2) is 15.0 Å². The van der Waals surface area contributed by atoms with Crippen molar-refractivity contribution in [1.82, 2.24) is 19.4 Å². The highest BCUT2D eigenvalue weighted by Gasteiger charge is 2.11. The molecule has 6 nitrogen and oxygen atoms in total. The van der Waals surface area contributed by atoms with Crippen LogP contribution < -0.4 is 5.73 Å². The Balaban J connectivity index is 2.64. The van der Waals surface area contributed by atoms with E-state index >= 15 is 0 Å². The van der Waals surface area contributed by atoms with Crippen LogP contribution in [-0.4, -0.2) is 46.4 Å². The van der Waals surface area contributed by atoms with Gasteiger partial charge in [0.05, 0.1) is 23.8 Å². The molecule has 0 fully saturated rings. The second kappa shape index (κ2) is 5.50. The number of hydrogen-bond donors (Lipinski definition) is 1. The van der Waals surface area contributed by atoms with Gasteiger partial charge in [0.25, 0.3) is 0 Å². The number of aliphatic imine (C=N–C) groups is 1. The highest BCUT2D eigenvalue weighted by molar-refractivity contribution is 5.93. The minimum Gasteiger partial charge on any atom is -0.369 e. The molecule has 2 rings (SSSR count). The van der Waals surface area contributed by atoms with Gasteiger partial charge >= 0.3 is 0 Å². The fourth-order valence-corrected chi connectivity index (χ4v) is 1.70. The van der Waals surface area contributed by atoms with E-state index in [1.165, 1.54) is 6.33 Å². The molecule has 0 bridgehead atoms. The third-order valence-corrected chi connectivity index (χ3v) is 2.47. The summed E-state index contributed by atoms with van der Waals surface area (Å²) in [7, 11) is 5.73. The Labute approximate surface area is 112 Å². The molecule has 0 saturated heterocycles. The first-order chi connectivity index (χ1) is 9.13. The molecule has 6 heteroatoms. The zero-order chi connectivity index (χ0) is 13.8. The molecule has 0 unspecified atom stereocenters. The van der Waals surface area contributed by atoms with Gasteiger partial charge in [0.15, 0.2) is 5.82 Å². The summed E-state index contributed by atoms with van der Waals surface area (Å²) in [6.07, 6.45) is 5.12. The molecule has 2 aromatic heterocycles. The van der Waals surface area contributed by atoms with Crippen LogP contribution in [0, 0.1) is 11.8 Å². The first-order valence-corrected chi connectivity index (χ1v) is 5.83. The van der Waals surface area contributed by atoms with Crippen LogP contribution in [0.2, 0.25) is 0 Å². The van der Waals surface area contributed by atoms with Gasteiger partial charge in [-0.3, -0.25) is 0 Å². The lowest BCUT2D eigenvalue weighted by molar-refractivity contribution is 0.643. The zero-order valence-corrected chi connectivity index (χ0v) is 11.3. The van der Waals surface area contributed by atoms with Crippen molar-refractivity contribution in [3.63, 3.8) is 0 Å². The van der Waals surface area contributed by atoms with E-state index in [9.17, 15) is 0 Å². The standard InChI is InChI=1S/C13H16N6/c1-18(2)9-17-12-11-10(5-4-6-14)7-19(3)13(11)16-8-15-12/h7-9H,6,14H2,1-3H3/b17-9-. The van der Waals surface area contributed by atoms with Crippen LogP contribution in [0.3, 0.4) is 0 Å². The van der Waals surface area contributed by atoms with Crippen molar-refractivity contribution in [3.8, 4) is 11.8 Å². The van der Waals surface area contributed by atoms with Gasteiger partial charge in [0.1, 0.15) is 12.0 Å². The summed E-state index contributed by atoms with van der Waals surface area (Å²) in [5, 5.41) is 0.851. The summed E-state index contributed by atoms with van der Waals surface area (Å²) in [6.45, 7) is 0.320. The first-order valence-electron chi connectivity index (χ1n) is 5.83. The third kappa shape index (κ3) is 2.72. The van der Waals surface area contributed by atoms with Crippen molar-refractivity contribution in [2.75, 3.05) is 20.6 Å². The van der Waals surface area contributed by atoms with E-state index in [4.69, 9.17) is 5.73 Å². The summed E-state index contributed by atoms with van der Waals surface area (Å²) >= 11 is 0. The summed E-state index contributed by atoms with van der Waals surface area (Å²) in [5.41, 5.74) is 7.07. The first kappa shape index (κ1) is 13.1. The van der Waals surface area contributed by atoms with E-state index in [1.54, 1.807) is 6.34 Å². The maximum atomic E-state index is 5.42. The fraction of sp³-hybridized carbons (Fsp3) is 0.308. The Morgan fingerprint density at radius 3 is 2.95 bits per heavy atom. The zero-order valence-electron chi connectivity index (χ0n) is 11.3. The normalized spacial score (nSPS) is 10.7. The Hall–Kier alpha value is -2.39. The van der Waals surface area contributed by atoms with Crippen molar-refractivity contribution < 1.29 is 0 Å². The SMILES string of the molecule is CN(C)/C=N\c1ncnc2c1c(C#CCN)cn2C. The molecule has 0 amide bonds. The van der Waals surface area contributed by atoms with E-state index in [-0.39, 0.29) is 0 Å². The molecule has 0 aliphatic heterocycles. The quantitative estimate of drug-likeness (QED) is 0.482. The van der Waals surface area contributed by atoms with Gasteiger partial charge < -0.3 is 15.2 Å². The molecule has 19 heavy (non-hydrogen) atoms. The second-order valence-electron chi connectivity index (χ2n) is 4.26. The molecule has 2 heterocycles. The molecule has 0 spiro atoms. The van der Waals surface area contributed by atoms with Crippen molar-refractivity contribution in [2.24, 2.45) is 17.8 Å². The Kier molecular flexibility index (Phi) is 3.78. The molecule has 0 aliphatic rings. The molecule has 98 valence electrons. The largest absolute Gasteiger partial charge is 0.369 e. The number of aromatic nitrogens is 3. The maximum Gasteiger partial charge on any atom is 0.167 e. The molecular formula is C13H16N6. The van der Waals surface area contributed by atoms with Crippen LogP contribution in [0.1, 0.15) is 5.56 Å². The highest BCUT2D eigenvalue weighted by Crippen LogP contribution is 2.26. The summed E-state index contributed by atoms with van der Waals surface area (Å²) in [6, 6.07) is 0. The lowest BCUT2D eigenvalue weighted by Crippen LogP contribution is -2.07. The van der Waals surface area contributed by atoms with Crippen LogP contribution >= 0.6 is 0 Å². The van der Waals surface area contributed by atoms with Gasteiger partial charge in [-0.2, -0.15) is 0 Å². The molecular weight excluding hydrogens is 240 g/mol. The molecule has 0 saturated carbocycles. The lowest BCUT2D eigenvalue weighted by atomic mass is 10.2. The Morgan fingerprint density at radius 2 is 2.26 bits per heavy atom. The second-order valence-corrected chi connectivity index (χ2v) is 4.26. The molecule has 0 radical (unpaired) electrons. The molecule has 2 N–H and O–H groups in total. The maximum absolute atomic E-state index is 5.42. The van der Waals surface area contributed by atoms with Gasteiger partial charge in [0.2, 0.25) is 0 Å². The fourth-order valence-electron chi connectivity index (χ4n) is 1.70. The minimum absolute atomic E-state index is 0.320. The number of rotatable bonds is 2. The van der Waals surface area contributed by atoms with E-state index in [1.807, 2.05) is 36.8 Å². The monoisotopic (exact) mass is 256 g/mol. The predicted molar refractivity (Wildman–Crippen MR) is 76.3 cm³/mol. The van der Waals surface area contributed by atoms with Crippen molar-refractivity contribution in [3.05, 3.63) is 18.1 Å². The van der Waals surface area contributed by atoms with Gasteiger partial charge in [0, 0.05) is 27.3 Å². The Bertz CT molecular complexity index is 671. The molecule has 0 atom stereocenters. The van der Waals surface area contributed by atoms with Gasteiger partial charge in [-0.05, 0) is 0 Å². The van der Waals surface area contributed by atoms with E-state index in [0.717, 1.165) is 16.6 Å². The van der Waals surface area contributed by atoms with Crippen LogP contribution in [-0.2, 0) is 7.05 Å². The topological polar surface area (TPSA) is 72.3 Å². The third-order valence-electron chi connectivity index (χ3n) is 2.47. The predicted octanol–water partition coefficient (Wildman–Crippen LogP) is 0.500. The molecule has 0 aromatic carbocycles. The number of fused-ring (bicyclic) bond motifs is 1. The molecule has 2 aromatic rings. The minimum atomic E-state index is 0.320. The van der Waals surface area contributed by atoms with Crippen molar-refractivity contribution >= 4 is 23.2 Å². The number of nitrogens with two attached hydrogens (primary N) is 1. The van der Waals surface area contributed by atoms with Crippen LogP contribution in [0.15, 0.2) is 17.5 Å².